The SMILES string of the molecule is CCCOC(=O)c1ccccc1C1=CN=CCC1. The summed E-state index contributed by atoms with van der Waals surface area (Å²) in [5.74, 6) is -0.247. The van der Waals surface area contributed by atoms with Crippen molar-refractivity contribution >= 4 is 17.8 Å². The van der Waals surface area contributed by atoms with Crippen LogP contribution in [0.25, 0.3) is 5.57 Å². The zero-order valence-electron chi connectivity index (χ0n) is 10.6. The molecule has 3 heteroatoms. The number of carbonyl (C=O) groups is 1. The van der Waals surface area contributed by atoms with E-state index in [9.17, 15) is 4.79 Å². The topological polar surface area (TPSA) is 38.7 Å². The Balaban J connectivity index is 2.28. The van der Waals surface area contributed by atoms with E-state index in [1.807, 2.05) is 43.6 Å². The molecule has 94 valence electrons. The number of nitrogens with zero attached hydrogens (tertiary/aromatic N) is 1. The molecule has 1 heterocycles. The lowest BCUT2D eigenvalue weighted by molar-refractivity contribution is 0.0504. The van der Waals surface area contributed by atoms with E-state index in [-0.39, 0.29) is 5.97 Å². The lowest BCUT2D eigenvalue weighted by Crippen LogP contribution is -2.09. The van der Waals surface area contributed by atoms with Gasteiger partial charge in [-0.15, -0.1) is 0 Å². The Morgan fingerprint density at radius 3 is 2.94 bits per heavy atom. The first-order chi connectivity index (χ1) is 8.83. The maximum Gasteiger partial charge on any atom is 0.338 e. The molecule has 2 rings (SSSR count). The van der Waals surface area contributed by atoms with Gasteiger partial charge in [0.1, 0.15) is 0 Å². The van der Waals surface area contributed by atoms with Crippen LogP contribution in [-0.2, 0) is 4.74 Å². The van der Waals surface area contributed by atoms with Gasteiger partial charge in [0.25, 0.3) is 0 Å². The Morgan fingerprint density at radius 2 is 2.22 bits per heavy atom. The summed E-state index contributed by atoms with van der Waals surface area (Å²) in [6, 6.07) is 7.56. The highest BCUT2D eigenvalue weighted by molar-refractivity contribution is 5.96. The van der Waals surface area contributed by atoms with Gasteiger partial charge in [-0.2, -0.15) is 0 Å². The summed E-state index contributed by atoms with van der Waals surface area (Å²) in [5, 5.41) is 0. The highest BCUT2D eigenvalue weighted by Crippen LogP contribution is 2.25. The number of ether oxygens (including phenoxy) is 1. The third kappa shape index (κ3) is 2.86. The first kappa shape index (κ1) is 12.6. The average Bonchev–Trinajstić information content (AvgIpc) is 2.45. The molecular formula is C15H17NO2. The normalized spacial score (nSPS) is 14.2. The summed E-state index contributed by atoms with van der Waals surface area (Å²) in [6.07, 6.45) is 6.39. The van der Waals surface area contributed by atoms with Crippen LogP contribution in [0, 0.1) is 0 Å². The summed E-state index contributed by atoms with van der Waals surface area (Å²) in [4.78, 5) is 16.1. The van der Waals surface area contributed by atoms with Crippen LogP contribution in [0.1, 0.15) is 42.1 Å². The number of aliphatic imine (C=N–C) groups is 1. The van der Waals surface area contributed by atoms with E-state index < -0.39 is 0 Å². The largest absolute Gasteiger partial charge is 0.462 e. The monoisotopic (exact) mass is 243 g/mol. The van der Waals surface area contributed by atoms with E-state index in [1.54, 1.807) is 0 Å². The quantitative estimate of drug-likeness (QED) is 0.759. The number of hydrogen-bond donors (Lipinski definition) is 0. The molecule has 1 aromatic carbocycles. The highest BCUT2D eigenvalue weighted by Gasteiger charge is 2.15. The molecule has 0 bridgehead atoms. The maximum absolute atomic E-state index is 12.0. The van der Waals surface area contributed by atoms with Crippen LogP contribution in [0.3, 0.4) is 0 Å². The molecule has 1 aliphatic rings. The lowest BCUT2D eigenvalue weighted by Gasteiger charge is -2.13. The molecule has 0 aliphatic carbocycles. The Morgan fingerprint density at radius 1 is 1.39 bits per heavy atom. The van der Waals surface area contributed by atoms with Crippen molar-refractivity contribution in [3.8, 4) is 0 Å². The summed E-state index contributed by atoms with van der Waals surface area (Å²) in [5.41, 5.74) is 2.67. The Kier molecular flexibility index (Phi) is 4.29. The number of esters is 1. The minimum absolute atomic E-state index is 0.247. The van der Waals surface area contributed by atoms with Crippen molar-refractivity contribution in [3.63, 3.8) is 0 Å². The highest BCUT2D eigenvalue weighted by atomic mass is 16.5. The molecule has 3 nitrogen and oxygen atoms in total. The summed E-state index contributed by atoms with van der Waals surface area (Å²) >= 11 is 0. The fourth-order valence-corrected chi connectivity index (χ4v) is 1.92. The number of carbonyl (C=O) groups excluding carboxylic acids is 1. The maximum atomic E-state index is 12.0. The molecule has 0 amide bonds. The average molecular weight is 243 g/mol. The van der Waals surface area contributed by atoms with Crippen LogP contribution >= 0.6 is 0 Å². The fourth-order valence-electron chi connectivity index (χ4n) is 1.92. The van der Waals surface area contributed by atoms with E-state index >= 15 is 0 Å². The van der Waals surface area contributed by atoms with Gasteiger partial charge in [-0.05, 0) is 36.5 Å². The molecule has 1 aliphatic heterocycles. The Bertz CT molecular complexity index is 489. The zero-order chi connectivity index (χ0) is 12.8. The van der Waals surface area contributed by atoms with Gasteiger partial charge in [-0.25, -0.2) is 4.79 Å². The molecular weight excluding hydrogens is 226 g/mol. The van der Waals surface area contributed by atoms with Crippen molar-refractivity contribution in [1.29, 1.82) is 0 Å². The summed E-state index contributed by atoms with van der Waals surface area (Å²) < 4.78 is 5.20. The zero-order valence-corrected chi connectivity index (χ0v) is 10.6. The van der Waals surface area contributed by atoms with Crippen molar-refractivity contribution in [2.45, 2.75) is 26.2 Å². The number of allylic oxidation sites excluding steroid dienone is 1. The van der Waals surface area contributed by atoms with Crippen LogP contribution < -0.4 is 0 Å². The molecule has 0 fully saturated rings. The Labute approximate surface area is 107 Å². The third-order valence-electron chi connectivity index (χ3n) is 2.81. The van der Waals surface area contributed by atoms with Gasteiger partial charge >= 0.3 is 5.97 Å². The second-order valence-electron chi connectivity index (χ2n) is 4.21. The Hall–Kier alpha value is -1.90. The van der Waals surface area contributed by atoms with Gasteiger partial charge in [0.2, 0.25) is 0 Å². The van der Waals surface area contributed by atoms with E-state index in [2.05, 4.69) is 4.99 Å². The summed E-state index contributed by atoms with van der Waals surface area (Å²) in [7, 11) is 0. The molecule has 0 N–H and O–H groups in total. The fraction of sp³-hybridized carbons (Fsp3) is 0.333. The molecule has 0 spiro atoms. The van der Waals surface area contributed by atoms with Crippen molar-refractivity contribution in [1.82, 2.24) is 0 Å². The molecule has 0 aromatic heterocycles. The van der Waals surface area contributed by atoms with Crippen LogP contribution in [-0.4, -0.2) is 18.8 Å². The van der Waals surface area contributed by atoms with Crippen molar-refractivity contribution in [2.24, 2.45) is 4.99 Å². The summed E-state index contributed by atoms with van der Waals surface area (Å²) in [6.45, 7) is 2.45. The van der Waals surface area contributed by atoms with Crippen molar-refractivity contribution < 1.29 is 9.53 Å². The molecule has 0 radical (unpaired) electrons. The molecule has 0 saturated carbocycles. The van der Waals surface area contributed by atoms with Gasteiger partial charge in [0.05, 0.1) is 12.2 Å². The standard InChI is InChI=1S/C15H17NO2/c1-2-10-18-15(17)14-8-4-3-7-13(14)12-6-5-9-16-11-12/h3-4,7-9,11H,2,5-6,10H2,1H3. The molecule has 0 saturated heterocycles. The van der Waals surface area contributed by atoms with E-state index in [0.29, 0.717) is 12.2 Å². The van der Waals surface area contributed by atoms with Crippen LogP contribution in [0.4, 0.5) is 0 Å². The van der Waals surface area contributed by atoms with Gasteiger partial charge in [-0.3, -0.25) is 4.99 Å². The van der Waals surface area contributed by atoms with Gasteiger partial charge in [0.15, 0.2) is 0 Å². The predicted octanol–water partition coefficient (Wildman–Crippen LogP) is 3.46. The van der Waals surface area contributed by atoms with Gasteiger partial charge in [-0.1, -0.05) is 25.1 Å². The first-order valence-electron chi connectivity index (χ1n) is 6.30. The first-order valence-corrected chi connectivity index (χ1v) is 6.30. The second-order valence-corrected chi connectivity index (χ2v) is 4.21. The second kappa shape index (κ2) is 6.15. The molecule has 0 atom stereocenters. The van der Waals surface area contributed by atoms with Gasteiger partial charge < -0.3 is 4.74 Å². The number of hydrogen-bond acceptors (Lipinski definition) is 3. The third-order valence-corrected chi connectivity index (χ3v) is 2.81. The van der Waals surface area contributed by atoms with Crippen molar-refractivity contribution in [3.05, 3.63) is 41.6 Å². The smallest absolute Gasteiger partial charge is 0.338 e. The number of rotatable bonds is 4. The predicted molar refractivity (Wildman–Crippen MR) is 72.7 cm³/mol. The van der Waals surface area contributed by atoms with E-state index in [4.69, 9.17) is 4.74 Å². The van der Waals surface area contributed by atoms with E-state index in [0.717, 1.165) is 30.4 Å². The minimum atomic E-state index is -0.247. The van der Waals surface area contributed by atoms with Crippen molar-refractivity contribution in [2.75, 3.05) is 6.61 Å². The molecule has 18 heavy (non-hydrogen) atoms. The molecule has 1 aromatic rings. The molecule has 0 unspecified atom stereocenters. The lowest BCUT2D eigenvalue weighted by atomic mass is 9.96. The van der Waals surface area contributed by atoms with Crippen LogP contribution in [0.2, 0.25) is 0 Å². The van der Waals surface area contributed by atoms with Gasteiger partial charge in [0, 0.05) is 12.4 Å². The van der Waals surface area contributed by atoms with Crippen LogP contribution in [0.15, 0.2) is 35.5 Å². The minimum Gasteiger partial charge on any atom is -0.462 e. The van der Waals surface area contributed by atoms with E-state index in [1.165, 1.54) is 0 Å². The van der Waals surface area contributed by atoms with Crippen LogP contribution in [0.5, 0.6) is 0 Å². The number of benzene rings is 1.